The van der Waals surface area contributed by atoms with Crippen molar-refractivity contribution in [3.8, 4) is 5.75 Å². The predicted octanol–water partition coefficient (Wildman–Crippen LogP) is 4.63. The van der Waals surface area contributed by atoms with E-state index >= 15 is 0 Å². The molecule has 0 atom stereocenters. The van der Waals surface area contributed by atoms with E-state index in [0.717, 1.165) is 0 Å². The Balaban J connectivity index is 1.59. The molecule has 1 saturated heterocycles. The molecule has 1 heterocycles. The van der Waals surface area contributed by atoms with Crippen LogP contribution in [0.1, 0.15) is 12.8 Å². The van der Waals surface area contributed by atoms with Crippen LogP contribution in [0.2, 0.25) is 10.0 Å². The van der Waals surface area contributed by atoms with Crippen molar-refractivity contribution in [3.63, 3.8) is 0 Å². The van der Waals surface area contributed by atoms with Gasteiger partial charge in [-0.25, -0.2) is 8.42 Å². The van der Waals surface area contributed by atoms with E-state index in [1.54, 1.807) is 0 Å². The molecule has 30 heavy (non-hydrogen) atoms. The highest BCUT2D eigenvalue weighted by molar-refractivity contribution is 7.89. The van der Waals surface area contributed by atoms with Crippen LogP contribution in [-0.4, -0.2) is 38.3 Å². The number of sulfonamides is 1. The average Bonchev–Trinajstić information content (AvgIpc) is 2.71. The first kappa shape index (κ1) is 22.7. The van der Waals surface area contributed by atoms with Crippen LogP contribution < -0.4 is 10.1 Å². The molecule has 0 aromatic heterocycles. The first-order valence-electron chi connectivity index (χ1n) is 8.98. The van der Waals surface area contributed by atoms with Crippen molar-refractivity contribution in [1.82, 2.24) is 4.31 Å². The summed E-state index contributed by atoms with van der Waals surface area (Å²) >= 11 is 11.9. The Labute approximate surface area is 182 Å². The minimum absolute atomic E-state index is 0.0128. The lowest BCUT2D eigenvalue weighted by Gasteiger charge is -2.30. The van der Waals surface area contributed by atoms with E-state index in [9.17, 15) is 22.0 Å². The molecule has 0 spiro atoms. The molecule has 2 aromatic carbocycles. The third kappa shape index (κ3) is 5.40. The fraction of sp³-hybridized carbons (Fsp3) is 0.316. The Morgan fingerprint density at radius 3 is 2.33 bits per heavy atom. The van der Waals surface area contributed by atoms with Crippen molar-refractivity contribution < 1.29 is 26.7 Å². The van der Waals surface area contributed by atoms with Crippen LogP contribution in [0.25, 0.3) is 0 Å². The first-order valence-corrected chi connectivity index (χ1v) is 11.2. The SMILES string of the molecule is O=C(Nc1ccc(OC(F)F)cc1)C1CCN(S(=O)(=O)c2cc(Cl)ccc2Cl)CC1. The maximum atomic E-state index is 12.9. The monoisotopic (exact) mass is 478 g/mol. The van der Waals surface area contributed by atoms with Crippen LogP contribution in [0.4, 0.5) is 14.5 Å². The summed E-state index contributed by atoms with van der Waals surface area (Å²) in [5, 5.41) is 3.05. The first-order chi connectivity index (χ1) is 14.2. The van der Waals surface area contributed by atoms with Gasteiger partial charge >= 0.3 is 6.61 Å². The van der Waals surface area contributed by atoms with Crippen LogP contribution in [0.5, 0.6) is 5.75 Å². The van der Waals surface area contributed by atoms with E-state index in [1.807, 2.05) is 0 Å². The smallest absolute Gasteiger partial charge is 0.387 e. The molecule has 11 heteroatoms. The number of carbonyl (C=O) groups is 1. The van der Waals surface area contributed by atoms with Gasteiger partial charge in [-0.1, -0.05) is 23.2 Å². The fourth-order valence-corrected chi connectivity index (χ4v) is 5.34. The predicted molar refractivity (Wildman–Crippen MR) is 110 cm³/mol. The molecule has 1 fully saturated rings. The van der Waals surface area contributed by atoms with Gasteiger partial charge in [-0.05, 0) is 55.3 Å². The number of ether oxygens (including phenoxy) is 1. The van der Waals surface area contributed by atoms with E-state index in [0.29, 0.717) is 18.5 Å². The van der Waals surface area contributed by atoms with Crippen LogP contribution in [0.3, 0.4) is 0 Å². The van der Waals surface area contributed by atoms with Crippen molar-refractivity contribution in [3.05, 3.63) is 52.5 Å². The zero-order chi connectivity index (χ0) is 21.9. The summed E-state index contributed by atoms with van der Waals surface area (Å²) in [7, 11) is -3.83. The lowest BCUT2D eigenvalue weighted by molar-refractivity contribution is -0.120. The Bertz CT molecular complexity index is 1010. The van der Waals surface area contributed by atoms with Crippen molar-refractivity contribution in [2.75, 3.05) is 18.4 Å². The molecule has 0 aliphatic carbocycles. The number of benzene rings is 2. The number of hydrogen-bond acceptors (Lipinski definition) is 4. The summed E-state index contributed by atoms with van der Waals surface area (Å²) in [5.41, 5.74) is 0.433. The van der Waals surface area contributed by atoms with Gasteiger partial charge in [0.25, 0.3) is 0 Å². The number of amides is 1. The molecule has 0 radical (unpaired) electrons. The quantitative estimate of drug-likeness (QED) is 0.656. The molecule has 2 aromatic rings. The molecule has 6 nitrogen and oxygen atoms in total. The highest BCUT2D eigenvalue weighted by Crippen LogP contribution is 2.30. The Morgan fingerprint density at radius 1 is 1.10 bits per heavy atom. The number of hydrogen-bond donors (Lipinski definition) is 1. The van der Waals surface area contributed by atoms with Crippen LogP contribution in [-0.2, 0) is 14.8 Å². The molecule has 1 aliphatic rings. The number of halogens is 4. The van der Waals surface area contributed by atoms with E-state index in [4.69, 9.17) is 23.2 Å². The summed E-state index contributed by atoms with van der Waals surface area (Å²) in [6, 6.07) is 9.80. The van der Waals surface area contributed by atoms with Crippen molar-refractivity contribution in [2.24, 2.45) is 5.92 Å². The molecular formula is C19H18Cl2F2N2O4S. The Morgan fingerprint density at radius 2 is 1.73 bits per heavy atom. The minimum atomic E-state index is -3.83. The number of nitrogens with one attached hydrogen (secondary N) is 1. The maximum absolute atomic E-state index is 12.9. The zero-order valence-electron chi connectivity index (χ0n) is 15.5. The van der Waals surface area contributed by atoms with Crippen LogP contribution in [0.15, 0.2) is 47.4 Å². The topological polar surface area (TPSA) is 75.7 Å². The second kappa shape index (κ2) is 9.47. The zero-order valence-corrected chi connectivity index (χ0v) is 17.9. The van der Waals surface area contributed by atoms with E-state index in [-0.39, 0.29) is 45.6 Å². The van der Waals surface area contributed by atoms with Crippen molar-refractivity contribution in [1.29, 1.82) is 0 Å². The number of nitrogens with zero attached hydrogens (tertiary/aromatic N) is 1. The van der Waals surface area contributed by atoms with Gasteiger partial charge in [0, 0.05) is 29.7 Å². The van der Waals surface area contributed by atoms with Gasteiger partial charge in [0.2, 0.25) is 15.9 Å². The third-order valence-electron chi connectivity index (χ3n) is 4.68. The Hall–Kier alpha value is -1.94. The summed E-state index contributed by atoms with van der Waals surface area (Å²) in [6.45, 7) is -2.61. The molecule has 1 amide bonds. The lowest BCUT2D eigenvalue weighted by Crippen LogP contribution is -2.41. The minimum Gasteiger partial charge on any atom is -0.435 e. The number of carbonyl (C=O) groups excluding carboxylic acids is 1. The van der Waals surface area contributed by atoms with Crippen LogP contribution >= 0.6 is 23.2 Å². The highest BCUT2D eigenvalue weighted by Gasteiger charge is 2.33. The van der Waals surface area contributed by atoms with Crippen molar-refractivity contribution >= 4 is 44.8 Å². The molecule has 1 aliphatic heterocycles. The molecule has 0 bridgehead atoms. The van der Waals surface area contributed by atoms with Gasteiger partial charge in [-0.2, -0.15) is 13.1 Å². The van der Waals surface area contributed by atoms with Gasteiger partial charge in [-0.15, -0.1) is 0 Å². The third-order valence-corrected chi connectivity index (χ3v) is 7.30. The standard InChI is InChI=1S/C19H18Cl2F2N2O4S/c20-13-1-6-16(21)17(11-13)30(27,28)25-9-7-12(8-10-25)18(26)24-14-2-4-15(5-3-14)29-19(22)23/h1-6,11-12,19H,7-10H2,(H,24,26). The molecule has 0 unspecified atom stereocenters. The van der Waals surface area contributed by atoms with E-state index in [1.165, 1.54) is 46.8 Å². The highest BCUT2D eigenvalue weighted by atomic mass is 35.5. The summed E-state index contributed by atoms with van der Waals surface area (Å²) < 4.78 is 55.6. The second-order valence-corrected chi connectivity index (χ2v) is 9.40. The number of rotatable bonds is 6. The van der Waals surface area contributed by atoms with Gasteiger partial charge < -0.3 is 10.1 Å². The van der Waals surface area contributed by atoms with E-state index in [2.05, 4.69) is 10.1 Å². The van der Waals surface area contributed by atoms with Gasteiger partial charge in [0.15, 0.2) is 0 Å². The molecule has 0 saturated carbocycles. The average molecular weight is 479 g/mol. The maximum Gasteiger partial charge on any atom is 0.387 e. The van der Waals surface area contributed by atoms with Gasteiger partial charge in [-0.3, -0.25) is 4.79 Å². The van der Waals surface area contributed by atoms with Gasteiger partial charge in [0.05, 0.1) is 5.02 Å². The summed E-state index contributed by atoms with van der Waals surface area (Å²) in [4.78, 5) is 12.4. The Kier molecular flexibility index (Phi) is 7.18. The second-order valence-electron chi connectivity index (χ2n) is 6.65. The number of piperidine rings is 1. The van der Waals surface area contributed by atoms with E-state index < -0.39 is 16.6 Å². The molecule has 1 N–H and O–H groups in total. The van der Waals surface area contributed by atoms with Crippen molar-refractivity contribution in [2.45, 2.75) is 24.3 Å². The number of alkyl halides is 2. The van der Waals surface area contributed by atoms with Crippen LogP contribution in [0, 0.1) is 5.92 Å². The largest absolute Gasteiger partial charge is 0.435 e. The number of anilines is 1. The fourth-order valence-electron chi connectivity index (χ4n) is 3.14. The summed E-state index contributed by atoms with van der Waals surface area (Å²) in [5.74, 6) is -0.667. The summed E-state index contributed by atoms with van der Waals surface area (Å²) in [6.07, 6.45) is 0.658. The van der Waals surface area contributed by atoms with Gasteiger partial charge in [0.1, 0.15) is 10.6 Å². The molecule has 162 valence electrons. The lowest BCUT2D eigenvalue weighted by atomic mass is 9.97. The normalized spacial score (nSPS) is 15.9. The molecule has 3 rings (SSSR count). The molecular weight excluding hydrogens is 461 g/mol.